The van der Waals surface area contributed by atoms with Gasteiger partial charge in [0.05, 0.1) is 12.6 Å². The Morgan fingerprint density at radius 1 is 1.32 bits per heavy atom. The van der Waals surface area contributed by atoms with Gasteiger partial charge in [0.2, 0.25) is 0 Å². The predicted octanol–water partition coefficient (Wildman–Crippen LogP) is 2.32. The topological polar surface area (TPSA) is 67.6 Å². The molecule has 140 valence electrons. The van der Waals surface area contributed by atoms with Crippen molar-refractivity contribution >= 4 is 5.91 Å². The van der Waals surface area contributed by atoms with Gasteiger partial charge < -0.3 is 10.0 Å². The van der Waals surface area contributed by atoms with Gasteiger partial charge in [-0.25, -0.2) is 8.78 Å². The second kappa shape index (κ2) is 7.79. The molecule has 0 spiro atoms. The van der Waals surface area contributed by atoms with E-state index < -0.39 is 11.5 Å². The normalized spacial score (nSPS) is 25.5. The predicted molar refractivity (Wildman–Crippen MR) is 90.0 cm³/mol. The first-order valence-electron chi connectivity index (χ1n) is 8.88. The number of nitrogens with zero attached hydrogens (tertiary/aromatic N) is 3. The van der Waals surface area contributed by atoms with Crippen LogP contribution < -0.4 is 0 Å². The van der Waals surface area contributed by atoms with E-state index in [1.54, 1.807) is 11.0 Å². The molecule has 2 rings (SSSR count). The maximum atomic E-state index is 13.4. The van der Waals surface area contributed by atoms with Crippen molar-refractivity contribution in [3.63, 3.8) is 0 Å². The Morgan fingerprint density at radius 2 is 1.96 bits per heavy atom. The highest BCUT2D eigenvalue weighted by molar-refractivity contribution is 5.97. The van der Waals surface area contributed by atoms with E-state index in [4.69, 9.17) is 0 Å². The van der Waals surface area contributed by atoms with Gasteiger partial charge in [0.1, 0.15) is 11.6 Å². The molecule has 0 aromatic heterocycles. The van der Waals surface area contributed by atoms with Gasteiger partial charge in [-0.15, -0.1) is 0 Å². The van der Waals surface area contributed by atoms with Crippen LogP contribution in [0.3, 0.4) is 0 Å². The highest BCUT2D eigenvalue weighted by atomic mass is 19.3. The van der Waals surface area contributed by atoms with Gasteiger partial charge in [-0.2, -0.15) is 5.26 Å². The van der Waals surface area contributed by atoms with Crippen LogP contribution in [0.25, 0.3) is 0 Å². The van der Waals surface area contributed by atoms with Crippen LogP contribution in [0.15, 0.2) is 11.6 Å². The van der Waals surface area contributed by atoms with Crippen molar-refractivity contribution in [3.05, 3.63) is 11.6 Å². The summed E-state index contributed by atoms with van der Waals surface area (Å²) in [5.74, 6) is -3.01. The lowest BCUT2D eigenvalue weighted by Crippen LogP contribution is -2.50. The lowest BCUT2D eigenvalue weighted by molar-refractivity contribution is -0.131. The maximum absolute atomic E-state index is 13.4. The fourth-order valence-electron chi connectivity index (χ4n) is 3.61. The summed E-state index contributed by atoms with van der Waals surface area (Å²) in [6.07, 6.45) is 3.70. The van der Waals surface area contributed by atoms with E-state index in [9.17, 15) is 23.9 Å². The molecule has 0 radical (unpaired) electrons. The summed E-state index contributed by atoms with van der Waals surface area (Å²) in [5.41, 5.74) is -0.649. The number of aliphatic hydroxyl groups excluding tert-OH is 1. The fraction of sp³-hybridized carbons (Fsp3) is 0.778. The first-order chi connectivity index (χ1) is 11.7. The van der Waals surface area contributed by atoms with Crippen LogP contribution in [0.2, 0.25) is 0 Å². The van der Waals surface area contributed by atoms with Crippen LogP contribution >= 0.6 is 0 Å². The molecule has 7 heteroatoms. The van der Waals surface area contributed by atoms with Gasteiger partial charge >= 0.3 is 0 Å². The van der Waals surface area contributed by atoms with Gasteiger partial charge in [-0.3, -0.25) is 9.69 Å². The zero-order valence-corrected chi connectivity index (χ0v) is 15.0. The number of rotatable bonds is 4. The lowest BCUT2D eigenvalue weighted by Gasteiger charge is -2.41. The minimum atomic E-state index is -2.63. The van der Waals surface area contributed by atoms with Crippen molar-refractivity contribution in [2.24, 2.45) is 0 Å². The summed E-state index contributed by atoms with van der Waals surface area (Å²) < 4.78 is 26.7. The molecule has 5 nitrogen and oxygen atoms in total. The first-order valence-corrected chi connectivity index (χ1v) is 8.88. The number of amides is 1. The van der Waals surface area contributed by atoms with Crippen LogP contribution in [0.5, 0.6) is 0 Å². The average Bonchev–Trinajstić information content (AvgIpc) is 2.58. The standard InChI is InChI=1S/C18H27F2N3O2/c1-17(2,22-9-6-18(19,20)7-10-22)11-14(12-21)16(25)23-8-4-3-5-15(23)13-24/h11,15,24H,3-10,13H2,1-2H3/b14-11-/t15-/m1/s1. The molecule has 2 fully saturated rings. The quantitative estimate of drug-likeness (QED) is 0.621. The van der Waals surface area contributed by atoms with E-state index >= 15 is 0 Å². The Hall–Kier alpha value is -1.52. The van der Waals surface area contributed by atoms with Crippen molar-refractivity contribution in [1.29, 1.82) is 5.26 Å². The molecule has 0 aliphatic carbocycles. The lowest BCUT2D eigenvalue weighted by atomic mass is 9.94. The molecule has 0 aromatic carbocycles. The summed E-state index contributed by atoms with van der Waals surface area (Å²) in [6.45, 7) is 4.54. The highest BCUT2D eigenvalue weighted by Gasteiger charge is 2.39. The Morgan fingerprint density at radius 3 is 2.52 bits per heavy atom. The summed E-state index contributed by atoms with van der Waals surface area (Å²) in [6, 6.07) is 1.71. The van der Waals surface area contributed by atoms with Crippen molar-refractivity contribution in [2.45, 2.75) is 63.5 Å². The van der Waals surface area contributed by atoms with Crippen molar-refractivity contribution < 1.29 is 18.7 Å². The number of halogens is 2. The number of piperidine rings is 2. The van der Waals surface area contributed by atoms with E-state index in [1.165, 1.54) is 0 Å². The van der Waals surface area contributed by atoms with Crippen molar-refractivity contribution in [2.75, 3.05) is 26.2 Å². The zero-order valence-electron chi connectivity index (χ0n) is 15.0. The molecule has 2 heterocycles. The number of likely N-dealkylation sites (tertiary alicyclic amines) is 2. The van der Waals surface area contributed by atoms with E-state index in [0.29, 0.717) is 6.54 Å². The van der Waals surface area contributed by atoms with Gasteiger partial charge in [-0.05, 0) is 39.2 Å². The number of alkyl halides is 2. The summed E-state index contributed by atoms with van der Waals surface area (Å²) in [5, 5.41) is 18.9. The SMILES string of the molecule is CC(C)(/C=C(/C#N)C(=O)N1CCCC[C@@H]1CO)N1CCC(F)(F)CC1. The van der Waals surface area contributed by atoms with E-state index in [2.05, 4.69) is 0 Å². The molecule has 0 bridgehead atoms. The third-order valence-electron chi connectivity index (χ3n) is 5.26. The second-order valence-corrected chi connectivity index (χ2v) is 7.50. The molecular formula is C18H27F2N3O2. The molecular weight excluding hydrogens is 328 g/mol. The number of hydrogen-bond donors (Lipinski definition) is 1. The Labute approximate surface area is 147 Å². The van der Waals surface area contributed by atoms with E-state index in [-0.39, 0.29) is 50.1 Å². The molecule has 2 saturated heterocycles. The smallest absolute Gasteiger partial charge is 0.264 e. The van der Waals surface area contributed by atoms with Gasteiger partial charge in [0.25, 0.3) is 11.8 Å². The van der Waals surface area contributed by atoms with Crippen molar-refractivity contribution in [3.8, 4) is 6.07 Å². The minimum Gasteiger partial charge on any atom is -0.394 e. The van der Waals surface area contributed by atoms with Crippen LogP contribution in [0, 0.1) is 11.3 Å². The largest absolute Gasteiger partial charge is 0.394 e. The fourth-order valence-corrected chi connectivity index (χ4v) is 3.61. The molecule has 1 amide bonds. The number of carbonyl (C=O) groups excluding carboxylic acids is 1. The molecule has 0 aromatic rings. The average molecular weight is 355 g/mol. The van der Waals surface area contributed by atoms with Crippen LogP contribution in [-0.2, 0) is 4.79 Å². The van der Waals surface area contributed by atoms with Gasteiger partial charge in [-0.1, -0.05) is 0 Å². The van der Waals surface area contributed by atoms with Crippen LogP contribution in [-0.4, -0.2) is 64.6 Å². The van der Waals surface area contributed by atoms with Gasteiger partial charge in [0.15, 0.2) is 0 Å². The molecule has 0 saturated carbocycles. The minimum absolute atomic E-state index is 0.0164. The Balaban J connectivity index is 2.15. The van der Waals surface area contributed by atoms with E-state index in [0.717, 1.165) is 19.3 Å². The highest BCUT2D eigenvalue weighted by Crippen LogP contribution is 2.32. The van der Waals surface area contributed by atoms with Crippen molar-refractivity contribution in [1.82, 2.24) is 9.80 Å². The second-order valence-electron chi connectivity index (χ2n) is 7.50. The van der Waals surface area contributed by atoms with E-state index in [1.807, 2.05) is 24.8 Å². The molecule has 2 aliphatic rings. The summed E-state index contributed by atoms with van der Waals surface area (Å²) in [7, 11) is 0. The third-order valence-corrected chi connectivity index (χ3v) is 5.26. The summed E-state index contributed by atoms with van der Waals surface area (Å²) >= 11 is 0. The Bertz CT molecular complexity index is 559. The first kappa shape index (κ1) is 19.8. The number of nitriles is 1. The zero-order chi connectivity index (χ0) is 18.7. The number of hydrogen-bond acceptors (Lipinski definition) is 4. The van der Waals surface area contributed by atoms with Crippen LogP contribution in [0.1, 0.15) is 46.0 Å². The maximum Gasteiger partial charge on any atom is 0.264 e. The third kappa shape index (κ3) is 4.77. The van der Waals surface area contributed by atoms with Crippen LogP contribution in [0.4, 0.5) is 8.78 Å². The summed E-state index contributed by atoms with van der Waals surface area (Å²) in [4.78, 5) is 16.2. The number of aliphatic hydroxyl groups is 1. The molecule has 0 unspecified atom stereocenters. The molecule has 25 heavy (non-hydrogen) atoms. The number of carbonyl (C=O) groups is 1. The molecule has 1 atom stereocenters. The molecule has 2 aliphatic heterocycles. The Kier molecular flexibility index (Phi) is 6.17. The monoisotopic (exact) mass is 355 g/mol. The molecule has 1 N–H and O–H groups in total. The van der Waals surface area contributed by atoms with Gasteiger partial charge in [0, 0.05) is 38.0 Å².